The lowest BCUT2D eigenvalue weighted by Gasteiger charge is -2.22. The van der Waals surface area contributed by atoms with Crippen molar-refractivity contribution in [3.05, 3.63) is 55.2 Å². The van der Waals surface area contributed by atoms with Crippen LogP contribution in [0.25, 0.3) is 22.4 Å². The number of carbonyl (C=O) groups is 1. The smallest absolute Gasteiger partial charge is 0.332 e. The van der Waals surface area contributed by atoms with E-state index in [1.165, 1.54) is 43.3 Å². The predicted octanol–water partition coefficient (Wildman–Crippen LogP) is 2.14. The van der Waals surface area contributed by atoms with Crippen LogP contribution in [0.3, 0.4) is 0 Å². The number of nitro groups is 1. The second-order valence-corrected chi connectivity index (χ2v) is 9.22. The Hall–Kier alpha value is -3.54. The average Bonchev–Trinajstić information content (AvgIpc) is 2.85. The van der Waals surface area contributed by atoms with Gasteiger partial charge in [0.25, 0.3) is 11.2 Å². The summed E-state index contributed by atoms with van der Waals surface area (Å²) in [6, 6.07) is 5.94. The molecule has 0 atom stereocenters. The van der Waals surface area contributed by atoms with Crippen LogP contribution in [0.4, 0.5) is 5.69 Å². The average molecular weight is 485 g/mol. The van der Waals surface area contributed by atoms with E-state index in [4.69, 9.17) is 0 Å². The lowest BCUT2D eigenvalue weighted by molar-refractivity contribution is -0.384. The van der Waals surface area contributed by atoms with Crippen molar-refractivity contribution in [2.75, 3.05) is 5.75 Å². The second-order valence-electron chi connectivity index (χ2n) is 8.26. The Morgan fingerprint density at radius 1 is 1.18 bits per heavy atom. The summed E-state index contributed by atoms with van der Waals surface area (Å²) in [5.74, 6) is -0.0138. The van der Waals surface area contributed by atoms with Gasteiger partial charge in [-0.3, -0.25) is 28.8 Å². The molecule has 2 heterocycles. The van der Waals surface area contributed by atoms with Crippen molar-refractivity contribution in [3.63, 3.8) is 0 Å². The molecular formula is C22H24N6O5S. The maximum absolute atomic E-state index is 12.9. The minimum Gasteiger partial charge on any atom is -0.353 e. The monoisotopic (exact) mass is 484 g/mol. The molecule has 11 nitrogen and oxygen atoms in total. The Kier molecular flexibility index (Phi) is 6.77. The van der Waals surface area contributed by atoms with Crippen LogP contribution in [0.5, 0.6) is 0 Å². The highest BCUT2D eigenvalue weighted by Gasteiger charge is 2.21. The summed E-state index contributed by atoms with van der Waals surface area (Å²) >= 11 is 1.08. The molecule has 1 N–H and O–H groups in total. The van der Waals surface area contributed by atoms with Crippen LogP contribution in [0.2, 0.25) is 0 Å². The van der Waals surface area contributed by atoms with Gasteiger partial charge in [0.05, 0.1) is 10.7 Å². The normalized spacial score (nSPS) is 14.3. The summed E-state index contributed by atoms with van der Waals surface area (Å²) in [6.45, 7) is 0. The largest absolute Gasteiger partial charge is 0.353 e. The number of carbonyl (C=O) groups excluding carboxylic acids is 1. The molecule has 0 unspecified atom stereocenters. The Morgan fingerprint density at radius 2 is 1.91 bits per heavy atom. The molecule has 0 radical (unpaired) electrons. The Labute approximate surface area is 198 Å². The number of nitro benzene ring substituents is 1. The number of amides is 1. The first-order valence-electron chi connectivity index (χ1n) is 10.9. The zero-order valence-electron chi connectivity index (χ0n) is 18.8. The van der Waals surface area contributed by atoms with Crippen molar-refractivity contribution in [1.29, 1.82) is 0 Å². The summed E-state index contributed by atoms with van der Waals surface area (Å²) < 4.78 is 2.19. The maximum Gasteiger partial charge on any atom is 0.332 e. The van der Waals surface area contributed by atoms with E-state index in [0.29, 0.717) is 5.56 Å². The van der Waals surface area contributed by atoms with Crippen molar-refractivity contribution in [3.8, 4) is 11.4 Å². The number of nitrogens with zero attached hydrogens (tertiary/aromatic N) is 5. The quantitative estimate of drug-likeness (QED) is 0.243. The van der Waals surface area contributed by atoms with Gasteiger partial charge in [-0.1, -0.05) is 43.2 Å². The van der Waals surface area contributed by atoms with E-state index in [2.05, 4.69) is 15.3 Å². The number of hydrogen-bond acceptors (Lipinski definition) is 8. The lowest BCUT2D eigenvalue weighted by atomic mass is 9.95. The summed E-state index contributed by atoms with van der Waals surface area (Å²) in [6.07, 6.45) is 5.26. The van der Waals surface area contributed by atoms with Crippen LogP contribution in [0, 0.1) is 10.1 Å². The molecule has 0 bridgehead atoms. The molecule has 0 saturated heterocycles. The number of aromatic nitrogens is 4. The molecule has 2 aromatic heterocycles. The number of benzene rings is 1. The first-order chi connectivity index (χ1) is 16.3. The maximum atomic E-state index is 12.9. The van der Waals surface area contributed by atoms with Gasteiger partial charge < -0.3 is 5.32 Å². The first-order valence-corrected chi connectivity index (χ1v) is 11.9. The van der Waals surface area contributed by atoms with Crippen molar-refractivity contribution >= 4 is 34.4 Å². The van der Waals surface area contributed by atoms with E-state index in [1.54, 1.807) is 6.07 Å². The van der Waals surface area contributed by atoms with Gasteiger partial charge in [0.1, 0.15) is 10.4 Å². The molecule has 1 fully saturated rings. The van der Waals surface area contributed by atoms with Crippen LogP contribution in [-0.2, 0) is 18.9 Å². The molecule has 3 aromatic rings. The Morgan fingerprint density at radius 3 is 2.62 bits per heavy atom. The molecule has 1 saturated carbocycles. The van der Waals surface area contributed by atoms with Gasteiger partial charge in [0.15, 0.2) is 11.5 Å². The van der Waals surface area contributed by atoms with Crippen LogP contribution in [0.15, 0.2) is 38.9 Å². The zero-order valence-corrected chi connectivity index (χ0v) is 19.6. The van der Waals surface area contributed by atoms with Gasteiger partial charge >= 0.3 is 5.69 Å². The third-order valence-corrected chi connectivity index (χ3v) is 6.87. The predicted molar refractivity (Wildman–Crippen MR) is 128 cm³/mol. The molecule has 0 aliphatic heterocycles. The summed E-state index contributed by atoms with van der Waals surface area (Å²) in [5, 5.41) is 14.6. The molecule has 1 aliphatic carbocycles. The number of non-ortho nitro benzene ring substituents is 1. The molecular weight excluding hydrogens is 460 g/mol. The van der Waals surface area contributed by atoms with Gasteiger partial charge in [0, 0.05) is 37.8 Å². The Bertz CT molecular complexity index is 1390. The van der Waals surface area contributed by atoms with Crippen LogP contribution >= 0.6 is 11.8 Å². The summed E-state index contributed by atoms with van der Waals surface area (Å²) in [5.41, 5.74) is -0.816. The van der Waals surface area contributed by atoms with E-state index < -0.39 is 16.2 Å². The van der Waals surface area contributed by atoms with Gasteiger partial charge in [0.2, 0.25) is 5.91 Å². The number of fused-ring (bicyclic) bond motifs is 1. The van der Waals surface area contributed by atoms with Crippen molar-refractivity contribution in [2.24, 2.45) is 14.1 Å². The summed E-state index contributed by atoms with van der Waals surface area (Å²) in [4.78, 5) is 57.6. The molecule has 1 amide bonds. The Balaban J connectivity index is 1.76. The van der Waals surface area contributed by atoms with Crippen LogP contribution in [0.1, 0.15) is 32.1 Å². The van der Waals surface area contributed by atoms with Crippen molar-refractivity contribution in [2.45, 2.75) is 43.2 Å². The number of aryl methyl sites for hydroxylation is 1. The highest BCUT2D eigenvalue weighted by Crippen LogP contribution is 2.28. The van der Waals surface area contributed by atoms with Gasteiger partial charge in [-0.05, 0) is 12.8 Å². The number of nitrogens with one attached hydrogen (secondary N) is 1. The molecule has 1 aromatic carbocycles. The number of hydrogen-bond donors (Lipinski definition) is 1. The highest BCUT2D eigenvalue weighted by molar-refractivity contribution is 8.00. The van der Waals surface area contributed by atoms with Crippen LogP contribution < -0.4 is 16.6 Å². The zero-order chi connectivity index (χ0) is 24.4. The fourth-order valence-electron chi connectivity index (χ4n) is 4.07. The standard InChI is InChI=1S/C22H24N6O5S/c1-26-19-17(21(30)27(2)22(26)31)20(34-12-16(29)23-14-8-4-3-5-9-14)25-18(24-19)13-7-6-10-15(11-13)28(32)33/h6-7,10-11,14H,3-5,8-9,12H2,1-2H3,(H,23,29). The first kappa shape index (κ1) is 23.6. The van der Waals surface area contributed by atoms with Gasteiger partial charge in [-0.2, -0.15) is 0 Å². The molecule has 0 spiro atoms. The van der Waals surface area contributed by atoms with E-state index in [-0.39, 0.29) is 45.3 Å². The van der Waals surface area contributed by atoms with Crippen molar-refractivity contribution in [1.82, 2.24) is 24.4 Å². The SMILES string of the molecule is Cn1c(=O)c2c(SCC(=O)NC3CCCCC3)nc(-c3cccc([N+](=O)[O-])c3)nc2n(C)c1=O. The number of rotatable bonds is 6. The van der Waals surface area contributed by atoms with Crippen LogP contribution in [-0.4, -0.2) is 41.7 Å². The molecule has 4 rings (SSSR count). The van der Waals surface area contributed by atoms with E-state index >= 15 is 0 Å². The topological polar surface area (TPSA) is 142 Å². The molecule has 34 heavy (non-hydrogen) atoms. The number of thioether (sulfide) groups is 1. The fourth-order valence-corrected chi connectivity index (χ4v) is 4.90. The highest BCUT2D eigenvalue weighted by atomic mass is 32.2. The van der Waals surface area contributed by atoms with Crippen molar-refractivity contribution < 1.29 is 9.72 Å². The fraction of sp³-hybridized carbons (Fsp3) is 0.409. The lowest BCUT2D eigenvalue weighted by Crippen LogP contribution is -2.38. The minimum absolute atomic E-state index is 0.0307. The van der Waals surface area contributed by atoms with Gasteiger partial charge in [-0.25, -0.2) is 14.8 Å². The molecule has 1 aliphatic rings. The third kappa shape index (κ3) is 4.72. The van der Waals surface area contributed by atoms with E-state index in [1.807, 2.05) is 0 Å². The minimum atomic E-state index is -0.570. The van der Waals surface area contributed by atoms with Gasteiger partial charge in [-0.15, -0.1) is 0 Å². The van der Waals surface area contributed by atoms with E-state index in [9.17, 15) is 24.5 Å². The summed E-state index contributed by atoms with van der Waals surface area (Å²) in [7, 11) is 2.85. The molecule has 12 heteroatoms. The second kappa shape index (κ2) is 9.75. The molecule has 178 valence electrons. The third-order valence-electron chi connectivity index (χ3n) is 5.89. The van der Waals surface area contributed by atoms with E-state index in [0.717, 1.165) is 42.0 Å².